The summed E-state index contributed by atoms with van der Waals surface area (Å²) in [5.41, 5.74) is 0.504. The van der Waals surface area contributed by atoms with Gasteiger partial charge in [-0.1, -0.05) is 19.4 Å². The van der Waals surface area contributed by atoms with Crippen LogP contribution in [-0.4, -0.2) is 41.1 Å². The first-order chi connectivity index (χ1) is 11.1. The molecule has 5 nitrogen and oxygen atoms in total. The van der Waals surface area contributed by atoms with Crippen molar-refractivity contribution in [1.82, 2.24) is 4.90 Å². The summed E-state index contributed by atoms with van der Waals surface area (Å²) in [6.45, 7) is 3.18. The van der Waals surface area contributed by atoms with Crippen LogP contribution in [0.15, 0.2) is 24.3 Å². The lowest BCUT2D eigenvalue weighted by Crippen LogP contribution is -2.43. The van der Waals surface area contributed by atoms with Gasteiger partial charge in [-0.3, -0.25) is 4.79 Å². The van der Waals surface area contributed by atoms with Crippen molar-refractivity contribution in [2.24, 2.45) is 11.8 Å². The lowest BCUT2D eigenvalue weighted by Gasteiger charge is -2.24. The molecule has 3 rings (SSSR count). The summed E-state index contributed by atoms with van der Waals surface area (Å²) < 4.78 is 5.57. The molecular formula is C18H23NO4. The number of nitrogens with zero attached hydrogens (tertiary/aromatic N) is 1. The van der Waals surface area contributed by atoms with E-state index in [2.05, 4.69) is 0 Å². The number of rotatable bonds is 5. The van der Waals surface area contributed by atoms with Crippen LogP contribution >= 0.6 is 0 Å². The minimum Gasteiger partial charge on any atom is -0.494 e. The Morgan fingerprint density at radius 3 is 2.91 bits per heavy atom. The van der Waals surface area contributed by atoms with E-state index < -0.39 is 12.0 Å². The zero-order valence-corrected chi connectivity index (χ0v) is 13.4. The number of ether oxygens (including phenoxy) is 1. The molecule has 0 bridgehead atoms. The normalized spacial score (nSPS) is 26.1. The maximum Gasteiger partial charge on any atom is 0.326 e. The van der Waals surface area contributed by atoms with Crippen LogP contribution in [0.25, 0.3) is 0 Å². The van der Waals surface area contributed by atoms with Gasteiger partial charge in [-0.2, -0.15) is 0 Å². The maximum absolute atomic E-state index is 12.8. The van der Waals surface area contributed by atoms with E-state index in [0.717, 1.165) is 25.7 Å². The molecule has 0 spiro atoms. The Morgan fingerprint density at radius 2 is 2.17 bits per heavy atom. The smallest absolute Gasteiger partial charge is 0.326 e. The largest absolute Gasteiger partial charge is 0.494 e. The fraction of sp³-hybridized carbons (Fsp3) is 0.556. The summed E-state index contributed by atoms with van der Waals surface area (Å²) in [6.07, 6.45) is 3.90. The van der Waals surface area contributed by atoms with Gasteiger partial charge in [-0.05, 0) is 49.3 Å². The molecule has 0 aromatic heterocycles. The molecule has 1 N–H and O–H groups in total. The standard InChI is InChI=1S/C18H23NO4/c1-2-9-23-14-7-3-5-12(10-14)17(20)19-11-13-6-4-8-15(13)16(19)18(21)22/h3,5,7,10,13,15-16H,2,4,6,8-9,11H2,1H3,(H,21,22). The molecule has 1 aromatic carbocycles. The number of hydrogen-bond acceptors (Lipinski definition) is 3. The average molecular weight is 317 g/mol. The SMILES string of the molecule is CCCOc1cccc(C(=O)N2CC3CCCC3C2C(=O)O)c1. The topological polar surface area (TPSA) is 66.8 Å². The second-order valence-corrected chi connectivity index (χ2v) is 6.47. The Hall–Kier alpha value is -2.04. The first kappa shape index (κ1) is 15.8. The van der Waals surface area contributed by atoms with Gasteiger partial charge in [-0.25, -0.2) is 4.79 Å². The van der Waals surface area contributed by atoms with Crippen molar-refractivity contribution < 1.29 is 19.4 Å². The molecule has 3 atom stereocenters. The lowest BCUT2D eigenvalue weighted by atomic mass is 9.94. The second kappa shape index (κ2) is 6.60. The number of fused-ring (bicyclic) bond motifs is 1. The van der Waals surface area contributed by atoms with E-state index in [4.69, 9.17) is 4.74 Å². The van der Waals surface area contributed by atoms with Crippen LogP contribution in [0.1, 0.15) is 43.0 Å². The number of carboxylic acids is 1. The highest BCUT2D eigenvalue weighted by Gasteiger charge is 2.49. The predicted octanol–water partition coefficient (Wildman–Crippen LogP) is 2.80. The first-order valence-electron chi connectivity index (χ1n) is 8.38. The van der Waals surface area contributed by atoms with Crippen LogP contribution in [0.4, 0.5) is 0 Å². The highest BCUT2D eigenvalue weighted by atomic mass is 16.5. The second-order valence-electron chi connectivity index (χ2n) is 6.47. The Morgan fingerprint density at radius 1 is 1.35 bits per heavy atom. The Kier molecular flexibility index (Phi) is 4.55. The van der Waals surface area contributed by atoms with Crippen molar-refractivity contribution in [2.45, 2.75) is 38.6 Å². The van der Waals surface area contributed by atoms with Crippen molar-refractivity contribution in [1.29, 1.82) is 0 Å². The Labute approximate surface area is 136 Å². The lowest BCUT2D eigenvalue weighted by molar-refractivity contribution is -0.142. The first-order valence-corrected chi connectivity index (χ1v) is 8.38. The fourth-order valence-corrected chi connectivity index (χ4v) is 3.94. The van der Waals surface area contributed by atoms with Crippen LogP contribution in [0.3, 0.4) is 0 Å². The molecule has 1 aromatic rings. The van der Waals surface area contributed by atoms with Crippen molar-refractivity contribution >= 4 is 11.9 Å². The zero-order chi connectivity index (χ0) is 16.4. The van der Waals surface area contributed by atoms with E-state index in [1.165, 1.54) is 0 Å². The van der Waals surface area contributed by atoms with Crippen LogP contribution in [0, 0.1) is 11.8 Å². The number of carbonyl (C=O) groups excluding carboxylic acids is 1. The third-order valence-electron chi connectivity index (χ3n) is 4.96. The maximum atomic E-state index is 12.8. The molecule has 1 aliphatic carbocycles. The Bertz CT molecular complexity index is 600. The van der Waals surface area contributed by atoms with Crippen molar-refractivity contribution in [3.8, 4) is 5.75 Å². The number of likely N-dealkylation sites (tertiary alicyclic amines) is 1. The van der Waals surface area contributed by atoms with Gasteiger partial charge in [0.2, 0.25) is 0 Å². The molecule has 1 heterocycles. The van der Waals surface area contributed by atoms with Gasteiger partial charge in [0.05, 0.1) is 6.61 Å². The number of aliphatic carboxylic acids is 1. The number of amides is 1. The number of carboxylic acid groups (broad SMARTS) is 1. The summed E-state index contributed by atoms with van der Waals surface area (Å²) in [6, 6.07) is 6.36. The molecule has 5 heteroatoms. The highest BCUT2D eigenvalue weighted by Crippen LogP contribution is 2.42. The van der Waals surface area contributed by atoms with Gasteiger partial charge in [0.15, 0.2) is 0 Å². The van der Waals surface area contributed by atoms with Crippen LogP contribution in [-0.2, 0) is 4.79 Å². The number of carbonyl (C=O) groups is 2. The van der Waals surface area contributed by atoms with E-state index in [9.17, 15) is 14.7 Å². The molecule has 1 aliphatic heterocycles. The summed E-state index contributed by atoms with van der Waals surface area (Å²) in [4.78, 5) is 26.1. The third-order valence-corrected chi connectivity index (χ3v) is 4.96. The molecule has 2 fully saturated rings. The molecule has 1 saturated carbocycles. The van der Waals surface area contributed by atoms with E-state index >= 15 is 0 Å². The monoisotopic (exact) mass is 317 g/mol. The van der Waals surface area contributed by atoms with E-state index in [-0.39, 0.29) is 11.8 Å². The van der Waals surface area contributed by atoms with Gasteiger partial charge in [0.1, 0.15) is 11.8 Å². The molecule has 124 valence electrons. The number of hydrogen-bond donors (Lipinski definition) is 1. The molecular weight excluding hydrogens is 294 g/mol. The third kappa shape index (κ3) is 3.05. The van der Waals surface area contributed by atoms with Gasteiger partial charge in [-0.15, -0.1) is 0 Å². The van der Waals surface area contributed by atoms with E-state index in [0.29, 0.717) is 30.4 Å². The van der Waals surface area contributed by atoms with E-state index in [1.807, 2.05) is 13.0 Å². The quantitative estimate of drug-likeness (QED) is 0.907. The fourth-order valence-electron chi connectivity index (χ4n) is 3.94. The molecule has 23 heavy (non-hydrogen) atoms. The number of benzene rings is 1. The predicted molar refractivity (Wildman–Crippen MR) is 85.5 cm³/mol. The Balaban J connectivity index is 1.80. The van der Waals surface area contributed by atoms with Crippen molar-refractivity contribution in [3.63, 3.8) is 0 Å². The summed E-state index contributed by atoms with van der Waals surface area (Å²) in [5.74, 6) is 0.0133. The molecule has 1 amide bonds. The van der Waals surface area contributed by atoms with Crippen LogP contribution in [0.2, 0.25) is 0 Å². The minimum atomic E-state index is -0.883. The molecule has 1 saturated heterocycles. The highest BCUT2D eigenvalue weighted by molar-refractivity contribution is 5.97. The summed E-state index contributed by atoms with van der Waals surface area (Å²) in [5, 5.41) is 9.58. The van der Waals surface area contributed by atoms with Gasteiger partial charge in [0.25, 0.3) is 5.91 Å². The molecule has 2 aliphatic rings. The van der Waals surface area contributed by atoms with Crippen molar-refractivity contribution in [3.05, 3.63) is 29.8 Å². The van der Waals surface area contributed by atoms with Gasteiger partial charge >= 0.3 is 5.97 Å². The van der Waals surface area contributed by atoms with Gasteiger partial charge < -0.3 is 14.7 Å². The molecule has 0 radical (unpaired) electrons. The average Bonchev–Trinajstić information content (AvgIpc) is 3.12. The zero-order valence-electron chi connectivity index (χ0n) is 13.4. The van der Waals surface area contributed by atoms with E-state index in [1.54, 1.807) is 23.1 Å². The van der Waals surface area contributed by atoms with Crippen molar-refractivity contribution in [2.75, 3.05) is 13.2 Å². The van der Waals surface area contributed by atoms with Gasteiger partial charge in [0, 0.05) is 12.1 Å². The minimum absolute atomic E-state index is 0.107. The summed E-state index contributed by atoms with van der Waals surface area (Å²) in [7, 11) is 0. The van der Waals surface area contributed by atoms with Crippen LogP contribution in [0.5, 0.6) is 5.75 Å². The molecule has 3 unspecified atom stereocenters. The summed E-state index contributed by atoms with van der Waals surface area (Å²) >= 11 is 0. The van der Waals surface area contributed by atoms with Crippen LogP contribution < -0.4 is 4.74 Å².